The fourth-order valence-corrected chi connectivity index (χ4v) is 3.78. The molecule has 0 spiro atoms. The van der Waals surface area contributed by atoms with Gasteiger partial charge in [-0.25, -0.2) is 0 Å². The van der Waals surface area contributed by atoms with Crippen LogP contribution >= 0.6 is 11.6 Å². The number of fused-ring (bicyclic) bond motifs is 2. The first kappa shape index (κ1) is 16.7. The van der Waals surface area contributed by atoms with E-state index in [1.54, 1.807) is 18.2 Å². The van der Waals surface area contributed by atoms with Gasteiger partial charge in [0.05, 0.1) is 5.92 Å². The molecule has 3 N–H and O–H groups in total. The van der Waals surface area contributed by atoms with Gasteiger partial charge in [0.1, 0.15) is 5.69 Å². The molecule has 5 nitrogen and oxygen atoms in total. The number of hydrogen-bond acceptors (Lipinski definition) is 2. The van der Waals surface area contributed by atoms with E-state index in [9.17, 15) is 14.7 Å². The van der Waals surface area contributed by atoms with Crippen LogP contribution in [0.4, 0.5) is 0 Å². The molecule has 2 atom stereocenters. The zero-order valence-corrected chi connectivity index (χ0v) is 14.6. The van der Waals surface area contributed by atoms with Gasteiger partial charge in [-0.15, -0.1) is 0 Å². The van der Waals surface area contributed by atoms with E-state index in [-0.39, 0.29) is 5.91 Å². The second-order valence-electron chi connectivity index (χ2n) is 6.62. The fourth-order valence-electron chi connectivity index (χ4n) is 3.60. The summed E-state index contributed by atoms with van der Waals surface area (Å²) in [6, 6.07) is 14.4. The molecule has 0 fully saturated rings. The molecule has 0 saturated carbocycles. The monoisotopic (exact) mass is 368 g/mol. The lowest BCUT2D eigenvalue weighted by atomic mass is 9.80. The molecular formula is C20H17ClN2O3. The molecule has 4 rings (SSSR count). The van der Waals surface area contributed by atoms with Crippen LogP contribution < -0.4 is 5.32 Å². The van der Waals surface area contributed by atoms with E-state index < -0.39 is 17.9 Å². The summed E-state index contributed by atoms with van der Waals surface area (Å²) in [5.41, 5.74) is 3.32. The van der Waals surface area contributed by atoms with Crippen molar-refractivity contribution in [3.8, 4) is 0 Å². The highest BCUT2D eigenvalue weighted by atomic mass is 35.5. The van der Waals surface area contributed by atoms with Gasteiger partial charge >= 0.3 is 5.97 Å². The number of rotatable bonds is 3. The second kappa shape index (κ2) is 6.50. The number of carbonyl (C=O) groups excluding carboxylic acids is 1. The van der Waals surface area contributed by atoms with Crippen LogP contribution in [0.5, 0.6) is 0 Å². The summed E-state index contributed by atoms with van der Waals surface area (Å²) in [6.45, 7) is 0. The molecule has 6 heteroatoms. The highest BCUT2D eigenvalue weighted by Crippen LogP contribution is 2.27. The maximum atomic E-state index is 12.7. The summed E-state index contributed by atoms with van der Waals surface area (Å²) in [7, 11) is 0. The van der Waals surface area contributed by atoms with Gasteiger partial charge in [0.25, 0.3) is 5.91 Å². The van der Waals surface area contributed by atoms with Crippen LogP contribution in [0.15, 0.2) is 48.5 Å². The number of carboxylic acids is 1. The third kappa shape index (κ3) is 3.06. The van der Waals surface area contributed by atoms with Crippen molar-refractivity contribution in [2.45, 2.75) is 18.9 Å². The third-order valence-corrected chi connectivity index (χ3v) is 5.18. The third-order valence-electron chi connectivity index (χ3n) is 4.94. The van der Waals surface area contributed by atoms with Crippen molar-refractivity contribution in [1.29, 1.82) is 0 Å². The minimum Gasteiger partial charge on any atom is -0.481 e. The van der Waals surface area contributed by atoms with Crippen molar-refractivity contribution in [3.05, 3.63) is 70.4 Å². The maximum Gasteiger partial charge on any atom is 0.308 e. The largest absolute Gasteiger partial charge is 0.481 e. The number of aromatic nitrogens is 1. The predicted octanol–water partition coefficient (Wildman–Crippen LogP) is 3.42. The molecule has 1 unspecified atom stereocenters. The van der Waals surface area contributed by atoms with Crippen molar-refractivity contribution in [3.63, 3.8) is 0 Å². The maximum absolute atomic E-state index is 12.7. The summed E-state index contributed by atoms with van der Waals surface area (Å²) >= 11 is 5.99. The zero-order chi connectivity index (χ0) is 18.3. The molecule has 1 heterocycles. The van der Waals surface area contributed by atoms with E-state index >= 15 is 0 Å². The Kier molecular flexibility index (Phi) is 4.17. The van der Waals surface area contributed by atoms with Crippen LogP contribution in [0.1, 0.15) is 21.6 Å². The van der Waals surface area contributed by atoms with Crippen LogP contribution in [-0.4, -0.2) is 28.0 Å². The van der Waals surface area contributed by atoms with Gasteiger partial charge in [-0.1, -0.05) is 35.9 Å². The van der Waals surface area contributed by atoms with Gasteiger partial charge in [-0.3, -0.25) is 9.59 Å². The topological polar surface area (TPSA) is 82.2 Å². The molecule has 1 aliphatic rings. The summed E-state index contributed by atoms with van der Waals surface area (Å²) < 4.78 is 0. The molecule has 0 aliphatic heterocycles. The predicted molar refractivity (Wildman–Crippen MR) is 99.5 cm³/mol. The lowest BCUT2D eigenvalue weighted by molar-refractivity contribution is -0.142. The molecule has 1 aromatic heterocycles. The number of nitrogens with one attached hydrogen (secondary N) is 2. The number of hydrogen-bond donors (Lipinski definition) is 3. The molecule has 1 aliphatic carbocycles. The Morgan fingerprint density at radius 2 is 1.81 bits per heavy atom. The highest BCUT2D eigenvalue weighted by molar-refractivity contribution is 6.31. The molecule has 0 radical (unpaired) electrons. The molecule has 132 valence electrons. The summed E-state index contributed by atoms with van der Waals surface area (Å²) in [4.78, 5) is 27.4. The van der Waals surface area contributed by atoms with Gasteiger partial charge in [-0.05, 0) is 48.2 Å². The minimum atomic E-state index is -0.895. The summed E-state index contributed by atoms with van der Waals surface area (Å²) in [5, 5.41) is 13.9. The van der Waals surface area contributed by atoms with Crippen molar-refractivity contribution < 1.29 is 14.7 Å². The Bertz CT molecular complexity index is 1010. The van der Waals surface area contributed by atoms with Crippen molar-refractivity contribution in [2.75, 3.05) is 0 Å². The van der Waals surface area contributed by atoms with Gasteiger partial charge in [0, 0.05) is 22.0 Å². The quantitative estimate of drug-likeness (QED) is 0.662. The van der Waals surface area contributed by atoms with Crippen molar-refractivity contribution in [1.82, 2.24) is 10.3 Å². The normalized spacial score (nSPS) is 19.1. The number of halogens is 1. The van der Waals surface area contributed by atoms with Crippen LogP contribution in [-0.2, 0) is 17.6 Å². The number of carbonyl (C=O) groups is 2. The number of benzene rings is 2. The van der Waals surface area contributed by atoms with Crippen LogP contribution in [0.25, 0.3) is 10.9 Å². The Balaban J connectivity index is 1.59. The molecule has 3 aromatic rings. The van der Waals surface area contributed by atoms with Gasteiger partial charge < -0.3 is 15.4 Å². The van der Waals surface area contributed by atoms with Gasteiger partial charge in [0.2, 0.25) is 0 Å². The SMILES string of the molecule is O=C(NC1Cc2ccccc2C[C@@H]1C(=O)O)c1cc2cc(Cl)ccc2[nH]1. The summed E-state index contributed by atoms with van der Waals surface area (Å²) in [6.07, 6.45) is 0.920. The number of H-pyrrole nitrogens is 1. The molecule has 1 amide bonds. The molecule has 26 heavy (non-hydrogen) atoms. The number of amides is 1. The highest BCUT2D eigenvalue weighted by Gasteiger charge is 2.34. The first-order valence-electron chi connectivity index (χ1n) is 8.40. The van der Waals surface area contributed by atoms with E-state index in [1.165, 1.54) is 0 Å². The average Bonchev–Trinajstić information content (AvgIpc) is 3.04. The number of aromatic amines is 1. The van der Waals surface area contributed by atoms with Crippen LogP contribution in [0, 0.1) is 5.92 Å². The van der Waals surface area contributed by atoms with E-state index in [1.807, 2.05) is 30.3 Å². The Morgan fingerprint density at radius 3 is 2.54 bits per heavy atom. The Labute approximate surface area is 155 Å². The van der Waals surface area contributed by atoms with Crippen molar-refractivity contribution in [2.24, 2.45) is 5.92 Å². The molecule has 0 bridgehead atoms. The lowest BCUT2D eigenvalue weighted by Gasteiger charge is -2.31. The van der Waals surface area contributed by atoms with Crippen LogP contribution in [0.3, 0.4) is 0 Å². The van der Waals surface area contributed by atoms with E-state index in [0.29, 0.717) is 23.6 Å². The first-order valence-corrected chi connectivity index (χ1v) is 8.78. The molecule has 0 saturated heterocycles. The molecule has 2 aromatic carbocycles. The second-order valence-corrected chi connectivity index (χ2v) is 7.05. The fraction of sp³-hybridized carbons (Fsp3) is 0.200. The number of carboxylic acid groups (broad SMARTS) is 1. The van der Waals surface area contributed by atoms with Crippen molar-refractivity contribution >= 4 is 34.4 Å². The molecular weight excluding hydrogens is 352 g/mol. The average molecular weight is 369 g/mol. The lowest BCUT2D eigenvalue weighted by Crippen LogP contribution is -2.48. The van der Waals surface area contributed by atoms with Gasteiger partial charge in [0.15, 0.2) is 0 Å². The smallest absolute Gasteiger partial charge is 0.308 e. The minimum absolute atomic E-state index is 0.312. The van der Waals surface area contributed by atoms with Gasteiger partial charge in [-0.2, -0.15) is 0 Å². The zero-order valence-electron chi connectivity index (χ0n) is 13.8. The number of aliphatic carboxylic acids is 1. The standard InChI is InChI=1S/C20H17ClN2O3/c21-14-5-6-16-13(7-14)10-18(22-16)19(24)23-17-9-12-4-2-1-3-11(12)8-15(17)20(25)26/h1-7,10,15,17,22H,8-9H2,(H,23,24)(H,25,26)/t15-,17?/m0/s1. The Hall–Kier alpha value is -2.79. The summed E-state index contributed by atoms with van der Waals surface area (Å²) in [5.74, 6) is -1.85. The van der Waals surface area contributed by atoms with E-state index in [0.717, 1.165) is 22.0 Å². The van der Waals surface area contributed by atoms with E-state index in [2.05, 4.69) is 10.3 Å². The van der Waals surface area contributed by atoms with Crippen LogP contribution in [0.2, 0.25) is 5.02 Å². The first-order chi connectivity index (χ1) is 12.5. The van der Waals surface area contributed by atoms with E-state index in [4.69, 9.17) is 11.6 Å². The Morgan fingerprint density at radius 1 is 1.08 bits per heavy atom.